The summed E-state index contributed by atoms with van der Waals surface area (Å²) in [5, 5.41) is 0.745. The maximum Gasteiger partial charge on any atom is 0.433 e. The number of amides is 1. The maximum atomic E-state index is 12.8. The van der Waals surface area contributed by atoms with E-state index in [0.29, 0.717) is 30.1 Å². The third-order valence-corrected chi connectivity index (χ3v) is 4.72. The van der Waals surface area contributed by atoms with Gasteiger partial charge in [-0.1, -0.05) is 6.07 Å². The molecule has 0 saturated heterocycles. The minimum atomic E-state index is -4.50. The number of pyridine rings is 3. The van der Waals surface area contributed by atoms with Crippen molar-refractivity contribution in [1.82, 2.24) is 19.9 Å². The molecule has 0 atom stereocenters. The third-order valence-electron chi connectivity index (χ3n) is 4.72. The summed E-state index contributed by atoms with van der Waals surface area (Å²) in [6.45, 7) is 0.838. The van der Waals surface area contributed by atoms with Crippen LogP contribution >= 0.6 is 0 Å². The van der Waals surface area contributed by atoms with Crippen LogP contribution in [-0.4, -0.2) is 32.8 Å². The minimum absolute atomic E-state index is 0.0882. The van der Waals surface area contributed by atoms with E-state index in [9.17, 15) is 18.0 Å². The smallest absolute Gasteiger partial charge is 0.383 e. The number of fused-ring (bicyclic) bond motifs is 3. The summed E-state index contributed by atoms with van der Waals surface area (Å²) < 4.78 is 43.3. The third kappa shape index (κ3) is 3.58. The van der Waals surface area contributed by atoms with Crippen molar-refractivity contribution in [2.24, 2.45) is 0 Å². The number of hydrogen-bond acceptors (Lipinski definition) is 6. The van der Waals surface area contributed by atoms with E-state index in [1.54, 1.807) is 13.1 Å². The van der Waals surface area contributed by atoms with E-state index in [0.717, 1.165) is 28.8 Å². The van der Waals surface area contributed by atoms with Gasteiger partial charge in [-0.25, -0.2) is 9.97 Å². The molecule has 0 unspecified atom stereocenters. The first kappa shape index (κ1) is 19.1. The van der Waals surface area contributed by atoms with Crippen molar-refractivity contribution in [3.63, 3.8) is 0 Å². The van der Waals surface area contributed by atoms with Crippen LogP contribution in [0, 0.1) is 0 Å². The molecule has 7 nitrogen and oxygen atoms in total. The minimum Gasteiger partial charge on any atom is -0.383 e. The van der Waals surface area contributed by atoms with Gasteiger partial charge in [0.15, 0.2) is 0 Å². The van der Waals surface area contributed by atoms with Crippen LogP contribution in [0.3, 0.4) is 0 Å². The molecule has 0 fully saturated rings. The van der Waals surface area contributed by atoms with Crippen LogP contribution in [0.2, 0.25) is 0 Å². The molecule has 29 heavy (non-hydrogen) atoms. The Morgan fingerprint density at radius 3 is 2.66 bits per heavy atom. The highest BCUT2D eigenvalue weighted by Gasteiger charge is 2.32. The zero-order valence-electron chi connectivity index (χ0n) is 15.3. The van der Waals surface area contributed by atoms with E-state index in [2.05, 4.69) is 15.0 Å². The fourth-order valence-electron chi connectivity index (χ4n) is 3.22. The normalized spacial score (nSPS) is 13.5. The van der Waals surface area contributed by atoms with Gasteiger partial charge in [-0.05, 0) is 23.3 Å². The van der Waals surface area contributed by atoms with E-state index in [4.69, 9.17) is 10.5 Å². The summed E-state index contributed by atoms with van der Waals surface area (Å²) in [6.07, 6.45) is -1.92. The number of hydrogen-bond donors (Lipinski definition) is 1. The predicted octanol–water partition coefficient (Wildman–Crippen LogP) is 2.93. The van der Waals surface area contributed by atoms with Crippen LogP contribution in [0.1, 0.15) is 32.9 Å². The Morgan fingerprint density at radius 2 is 1.97 bits per heavy atom. The number of nitrogens with two attached hydrogens (primary N) is 1. The zero-order valence-corrected chi connectivity index (χ0v) is 15.3. The lowest BCUT2D eigenvalue weighted by Gasteiger charge is -2.17. The van der Waals surface area contributed by atoms with Crippen molar-refractivity contribution < 1.29 is 22.7 Å². The highest BCUT2D eigenvalue weighted by Crippen LogP contribution is 2.31. The van der Waals surface area contributed by atoms with Gasteiger partial charge in [0.2, 0.25) is 0 Å². The highest BCUT2D eigenvalue weighted by atomic mass is 19.4. The van der Waals surface area contributed by atoms with Crippen molar-refractivity contribution >= 4 is 22.6 Å². The lowest BCUT2D eigenvalue weighted by Crippen LogP contribution is -2.27. The number of carbonyl (C=O) groups excluding carboxylic acids is 1. The lowest BCUT2D eigenvalue weighted by atomic mass is 10.1. The molecular formula is C19H16F3N5O2. The van der Waals surface area contributed by atoms with Crippen LogP contribution < -0.4 is 5.73 Å². The number of nitrogen functional groups attached to an aromatic ring is 1. The zero-order chi connectivity index (χ0) is 20.8. The summed E-state index contributed by atoms with van der Waals surface area (Å²) in [5.74, 6) is 0.00841. The number of alkyl halides is 3. The van der Waals surface area contributed by atoms with Gasteiger partial charge in [0, 0.05) is 30.7 Å². The molecule has 4 rings (SSSR count). The van der Waals surface area contributed by atoms with Crippen molar-refractivity contribution in [3.8, 4) is 0 Å². The Bertz CT molecular complexity index is 1100. The molecule has 3 aromatic rings. The molecule has 1 amide bonds. The van der Waals surface area contributed by atoms with Crippen LogP contribution in [0.15, 0.2) is 30.6 Å². The molecule has 0 aliphatic carbocycles. The maximum absolute atomic E-state index is 12.8. The standard InChI is InChI=1S/C19H16F3N5O2/c1-27(7-10-2-3-16(25-5-10)19(20,21)22)18(28)14-4-11-12-8-29-9-13(12)17(23)26-15(11)6-24-14/h2-6H,7-9H2,1H3,(H2,23,26). The Kier molecular flexibility index (Phi) is 4.58. The number of nitrogens with zero attached hydrogens (tertiary/aromatic N) is 4. The van der Waals surface area contributed by atoms with Gasteiger partial charge >= 0.3 is 6.18 Å². The topological polar surface area (TPSA) is 94.2 Å². The number of carbonyl (C=O) groups is 1. The van der Waals surface area contributed by atoms with Crippen molar-refractivity contribution in [3.05, 3.63) is 58.7 Å². The summed E-state index contributed by atoms with van der Waals surface area (Å²) >= 11 is 0. The first-order valence-corrected chi connectivity index (χ1v) is 8.66. The van der Waals surface area contributed by atoms with Gasteiger partial charge in [0.25, 0.3) is 5.91 Å². The molecule has 1 aliphatic heterocycles. The van der Waals surface area contributed by atoms with E-state index >= 15 is 0 Å². The average molecular weight is 403 g/mol. The summed E-state index contributed by atoms with van der Waals surface area (Å²) in [5.41, 5.74) is 7.89. The Labute approximate surface area is 163 Å². The largest absolute Gasteiger partial charge is 0.433 e. The van der Waals surface area contributed by atoms with Gasteiger partial charge in [-0.15, -0.1) is 0 Å². The van der Waals surface area contributed by atoms with E-state index in [1.165, 1.54) is 17.2 Å². The molecule has 0 bridgehead atoms. The molecule has 2 N–H and O–H groups in total. The van der Waals surface area contributed by atoms with Gasteiger partial charge in [0.1, 0.15) is 17.2 Å². The highest BCUT2D eigenvalue weighted by molar-refractivity contribution is 5.97. The molecule has 3 aromatic heterocycles. The second kappa shape index (κ2) is 6.96. The van der Waals surface area contributed by atoms with Crippen molar-refractivity contribution in [2.45, 2.75) is 25.9 Å². The number of halogens is 3. The Morgan fingerprint density at radius 1 is 1.21 bits per heavy atom. The number of anilines is 1. The lowest BCUT2D eigenvalue weighted by molar-refractivity contribution is -0.141. The Hall–Kier alpha value is -3.27. The Balaban J connectivity index is 1.57. The predicted molar refractivity (Wildman–Crippen MR) is 97.5 cm³/mol. The number of ether oxygens (including phenoxy) is 1. The first-order chi connectivity index (χ1) is 13.7. The van der Waals surface area contributed by atoms with Crippen LogP contribution in [0.25, 0.3) is 10.9 Å². The molecule has 0 saturated carbocycles. The quantitative estimate of drug-likeness (QED) is 0.723. The van der Waals surface area contributed by atoms with Gasteiger partial charge < -0.3 is 15.4 Å². The van der Waals surface area contributed by atoms with Crippen molar-refractivity contribution in [2.75, 3.05) is 12.8 Å². The van der Waals surface area contributed by atoms with Crippen molar-refractivity contribution in [1.29, 1.82) is 0 Å². The summed E-state index contributed by atoms with van der Waals surface area (Å²) in [6, 6.07) is 3.82. The molecule has 0 aromatic carbocycles. The SMILES string of the molecule is CN(Cc1ccc(C(F)(F)F)nc1)C(=O)c1cc2c3c(c(N)nc2cn1)COC3. The molecule has 1 aliphatic rings. The van der Waals surface area contributed by atoms with Gasteiger partial charge in [-0.3, -0.25) is 9.78 Å². The molecule has 0 radical (unpaired) electrons. The number of aromatic nitrogens is 3. The fourth-order valence-corrected chi connectivity index (χ4v) is 3.22. The second-order valence-electron chi connectivity index (χ2n) is 6.74. The molecule has 10 heteroatoms. The van der Waals surface area contributed by atoms with E-state index in [1.807, 2.05) is 0 Å². The molecular weight excluding hydrogens is 387 g/mol. The average Bonchev–Trinajstić information content (AvgIpc) is 3.18. The van der Waals surface area contributed by atoms with E-state index in [-0.39, 0.29) is 18.1 Å². The van der Waals surface area contributed by atoms with Gasteiger partial charge in [0.05, 0.1) is 24.9 Å². The van der Waals surface area contributed by atoms with Crippen LogP contribution in [0.5, 0.6) is 0 Å². The monoisotopic (exact) mass is 403 g/mol. The summed E-state index contributed by atoms with van der Waals surface area (Å²) in [7, 11) is 1.54. The molecule has 4 heterocycles. The molecule has 0 spiro atoms. The number of rotatable bonds is 3. The first-order valence-electron chi connectivity index (χ1n) is 8.66. The summed E-state index contributed by atoms with van der Waals surface area (Å²) in [4.78, 5) is 26.0. The van der Waals surface area contributed by atoms with Gasteiger partial charge in [-0.2, -0.15) is 13.2 Å². The van der Waals surface area contributed by atoms with Crippen LogP contribution in [-0.2, 0) is 30.7 Å². The fraction of sp³-hybridized carbons (Fsp3) is 0.263. The molecule has 150 valence electrons. The van der Waals surface area contributed by atoms with Crippen LogP contribution in [0.4, 0.5) is 19.0 Å². The second-order valence-corrected chi connectivity index (χ2v) is 6.74. The van der Waals surface area contributed by atoms with E-state index < -0.39 is 11.9 Å².